The Labute approximate surface area is 110 Å². The summed E-state index contributed by atoms with van der Waals surface area (Å²) in [7, 11) is 0. The van der Waals surface area contributed by atoms with Gasteiger partial charge in [-0.15, -0.1) is 0 Å². The van der Waals surface area contributed by atoms with E-state index >= 15 is 0 Å². The zero-order valence-corrected chi connectivity index (χ0v) is 10.5. The number of fused-ring (bicyclic) bond motifs is 1. The molecule has 0 bridgehead atoms. The summed E-state index contributed by atoms with van der Waals surface area (Å²) >= 11 is 0. The molecule has 3 rings (SSSR count). The molecule has 1 heterocycles. The molecule has 2 N–H and O–H groups in total. The predicted molar refractivity (Wildman–Crippen MR) is 76.3 cm³/mol. The Morgan fingerprint density at radius 1 is 1.00 bits per heavy atom. The van der Waals surface area contributed by atoms with Gasteiger partial charge in [-0.3, -0.25) is 4.98 Å². The van der Waals surface area contributed by atoms with Gasteiger partial charge in [0, 0.05) is 28.5 Å². The van der Waals surface area contributed by atoms with Crippen molar-refractivity contribution in [1.29, 1.82) is 0 Å². The third kappa shape index (κ3) is 1.93. The first-order chi connectivity index (χ1) is 9.16. The Kier molecular flexibility index (Phi) is 2.67. The molecule has 2 nitrogen and oxygen atoms in total. The summed E-state index contributed by atoms with van der Waals surface area (Å²) in [4.78, 5) is 4.39. The molecule has 0 saturated heterocycles. The van der Waals surface area contributed by atoms with Gasteiger partial charge in [0.2, 0.25) is 0 Å². The van der Waals surface area contributed by atoms with Crippen molar-refractivity contribution in [2.24, 2.45) is 0 Å². The van der Waals surface area contributed by atoms with Gasteiger partial charge < -0.3 is 5.73 Å². The van der Waals surface area contributed by atoms with Crippen LogP contribution < -0.4 is 5.73 Å². The molecular formula is C16H13FN2. The van der Waals surface area contributed by atoms with Crippen molar-refractivity contribution < 1.29 is 4.39 Å². The van der Waals surface area contributed by atoms with Crippen molar-refractivity contribution >= 4 is 16.5 Å². The fourth-order valence-corrected chi connectivity index (χ4v) is 2.35. The second kappa shape index (κ2) is 4.35. The number of aryl methyl sites for hydroxylation is 1. The molecule has 0 fully saturated rings. The van der Waals surface area contributed by atoms with E-state index in [2.05, 4.69) is 4.98 Å². The third-order valence-electron chi connectivity index (χ3n) is 3.29. The summed E-state index contributed by atoms with van der Waals surface area (Å²) in [6.07, 6.45) is 1.78. The van der Waals surface area contributed by atoms with Crippen molar-refractivity contribution in [3.8, 4) is 11.1 Å². The maximum atomic E-state index is 13.0. The summed E-state index contributed by atoms with van der Waals surface area (Å²) < 4.78 is 13.0. The molecule has 0 aliphatic carbocycles. The Balaban J connectivity index is 2.36. The Morgan fingerprint density at radius 2 is 1.74 bits per heavy atom. The monoisotopic (exact) mass is 252 g/mol. The van der Waals surface area contributed by atoms with E-state index in [9.17, 15) is 4.39 Å². The number of nitrogens with two attached hydrogens (primary N) is 1. The number of pyridine rings is 1. The van der Waals surface area contributed by atoms with Crippen LogP contribution in [-0.4, -0.2) is 4.98 Å². The summed E-state index contributed by atoms with van der Waals surface area (Å²) in [6.45, 7) is 1.95. The lowest BCUT2D eigenvalue weighted by molar-refractivity contribution is 0.628. The summed E-state index contributed by atoms with van der Waals surface area (Å²) in [5.74, 6) is -0.242. The maximum Gasteiger partial charge on any atom is 0.123 e. The molecule has 0 aliphatic heterocycles. The molecule has 0 atom stereocenters. The molecule has 3 aromatic rings. The van der Waals surface area contributed by atoms with E-state index in [1.807, 2.05) is 25.1 Å². The number of nitrogens with zero attached hydrogens (tertiary/aromatic N) is 1. The maximum absolute atomic E-state index is 13.0. The van der Waals surface area contributed by atoms with Gasteiger partial charge in [0.05, 0.1) is 0 Å². The molecular weight excluding hydrogens is 239 g/mol. The molecule has 0 radical (unpaired) electrons. The van der Waals surface area contributed by atoms with Crippen molar-refractivity contribution in [1.82, 2.24) is 4.98 Å². The average Bonchev–Trinajstić information content (AvgIpc) is 2.40. The lowest BCUT2D eigenvalue weighted by atomic mass is 9.97. The van der Waals surface area contributed by atoms with Crippen LogP contribution in [0.5, 0.6) is 0 Å². The van der Waals surface area contributed by atoms with E-state index in [-0.39, 0.29) is 5.82 Å². The summed E-state index contributed by atoms with van der Waals surface area (Å²) in [5, 5.41) is 1.96. The number of aromatic nitrogens is 1. The molecule has 0 aliphatic rings. The van der Waals surface area contributed by atoms with Gasteiger partial charge in [0.15, 0.2) is 0 Å². The SMILES string of the molecule is Cc1ncc2c(N)cccc2c1-c1ccc(F)cc1. The van der Waals surface area contributed by atoms with Crippen molar-refractivity contribution in [3.05, 3.63) is 60.2 Å². The van der Waals surface area contributed by atoms with Gasteiger partial charge in [-0.25, -0.2) is 4.39 Å². The highest BCUT2D eigenvalue weighted by molar-refractivity contribution is 6.02. The first kappa shape index (κ1) is 11.7. The van der Waals surface area contributed by atoms with E-state index in [4.69, 9.17) is 5.73 Å². The van der Waals surface area contributed by atoms with Crippen LogP contribution in [0.1, 0.15) is 5.69 Å². The molecule has 0 unspecified atom stereocenters. The van der Waals surface area contributed by atoms with Crippen LogP contribution in [0.25, 0.3) is 21.9 Å². The van der Waals surface area contributed by atoms with Crippen molar-refractivity contribution in [2.75, 3.05) is 5.73 Å². The molecule has 0 spiro atoms. The second-order valence-corrected chi connectivity index (χ2v) is 4.53. The minimum atomic E-state index is -0.242. The quantitative estimate of drug-likeness (QED) is 0.666. The Hall–Kier alpha value is -2.42. The van der Waals surface area contributed by atoms with Crippen LogP contribution in [0.3, 0.4) is 0 Å². The highest BCUT2D eigenvalue weighted by Crippen LogP contribution is 2.32. The van der Waals surface area contributed by atoms with Gasteiger partial charge >= 0.3 is 0 Å². The lowest BCUT2D eigenvalue weighted by Crippen LogP contribution is -1.93. The highest BCUT2D eigenvalue weighted by atomic mass is 19.1. The molecule has 0 amide bonds. The minimum Gasteiger partial charge on any atom is -0.398 e. The van der Waals surface area contributed by atoms with E-state index in [0.717, 1.165) is 27.6 Å². The van der Waals surface area contributed by atoms with Crippen LogP contribution in [0, 0.1) is 12.7 Å². The number of hydrogen-bond acceptors (Lipinski definition) is 2. The Morgan fingerprint density at radius 3 is 2.47 bits per heavy atom. The van der Waals surface area contributed by atoms with E-state index < -0.39 is 0 Å². The highest BCUT2D eigenvalue weighted by Gasteiger charge is 2.10. The first-order valence-electron chi connectivity index (χ1n) is 6.06. The average molecular weight is 252 g/mol. The van der Waals surface area contributed by atoms with Crippen molar-refractivity contribution in [2.45, 2.75) is 6.92 Å². The number of halogens is 1. The zero-order chi connectivity index (χ0) is 13.4. The normalized spacial score (nSPS) is 10.8. The van der Waals surface area contributed by atoms with Crippen LogP contribution in [0.15, 0.2) is 48.7 Å². The number of nitrogen functional groups attached to an aromatic ring is 1. The van der Waals surface area contributed by atoms with E-state index in [1.54, 1.807) is 18.3 Å². The zero-order valence-electron chi connectivity index (χ0n) is 10.5. The number of hydrogen-bond donors (Lipinski definition) is 1. The summed E-state index contributed by atoms with van der Waals surface area (Å²) in [5.41, 5.74) is 9.54. The van der Waals surface area contributed by atoms with Crippen LogP contribution >= 0.6 is 0 Å². The molecule has 94 valence electrons. The molecule has 19 heavy (non-hydrogen) atoms. The van der Waals surface area contributed by atoms with Crippen LogP contribution in [-0.2, 0) is 0 Å². The molecule has 0 saturated carbocycles. The van der Waals surface area contributed by atoms with Gasteiger partial charge in [-0.05, 0) is 36.1 Å². The summed E-state index contributed by atoms with van der Waals surface area (Å²) in [6, 6.07) is 12.2. The third-order valence-corrected chi connectivity index (χ3v) is 3.29. The smallest absolute Gasteiger partial charge is 0.123 e. The number of anilines is 1. The van der Waals surface area contributed by atoms with Gasteiger partial charge in [0.25, 0.3) is 0 Å². The topological polar surface area (TPSA) is 38.9 Å². The lowest BCUT2D eigenvalue weighted by Gasteiger charge is -2.11. The van der Waals surface area contributed by atoms with Crippen molar-refractivity contribution in [3.63, 3.8) is 0 Å². The van der Waals surface area contributed by atoms with E-state index in [1.165, 1.54) is 12.1 Å². The Bertz CT molecular complexity index is 749. The second-order valence-electron chi connectivity index (χ2n) is 4.53. The molecule has 2 aromatic carbocycles. The first-order valence-corrected chi connectivity index (χ1v) is 6.06. The fraction of sp³-hybridized carbons (Fsp3) is 0.0625. The molecule has 3 heteroatoms. The standard InChI is InChI=1S/C16H13FN2/c1-10-16(11-5-7-12(17)8-6-11)13-3-2-4-15(18)14(13)9-19-10/h2-9H,18H2,1H3. The molecule has 1 aromatic heterocycles. The van der Waals surface area contributed by atoms with Crippen LogP contribution in [0.4, 0.5) is 10.1 Å². The van der Waals surface area contributed by atoms with Crippen LogP contribution in [0.2, 0.25) is 0 Å². The number of benzene rings is 2. The van der Waals surface area contributed by atoms with E-state index in [0.29, 0.717) is 5.69 Å². The minimum absolute atomic E-state index is 0.242. The van der Waals surface area contributed by atoms with Gasteiger partial charge in [-0.1, -0.05) is 24.3 Å². The van der Waals surface area contributed by atoms with Gasteiger partial charge in [0.1, 0.15) is 5.82 Å². The largest absolute Gasteiger partial charge is 0.398 e. The fourth-order valence-electron chi connectivity index (χ4n) is 2.35. The van der Waals surface area contributed by atoms with Gasteiger partial charge in [-0.2, -0.15) is 0 Å². The number of rotatable bonds is 1. The predicted octanol–water partition coefficient (Wildman–Crippen LogP) is 3.93.